The van der Waals surface area contributed by atoms with Crippen LogP contribution in [0.15, 0.2) is 24.3 Å². The van der Waals surface area contributed by atoms with Crippen LogP contribution in [0.4, 0.5) is 0 Å². The minimum Gasteiger partial charge on any atom is -0.313 e. The molecule has 0 spiro atoms. The Labute approximate surface area is 79.0 Å². The number of hydrogen-bond acceptors (Lipinski definition) is 2. The van der Waals surface area contributed by atoms with Crippen LogP contribution in [0.1, 0.15) is 11.1 Å². The first-order chi connectivity index (χ1) is 6.24. The average molecular weight is 177 g/mol. The zero-order chi connectivity index (χ0) is 9.68. The van der Waals surface area contributed by atoms with Gasteiger partial charge in [0.25, 0.3) is 0 Å². The summed E-state index contributed by atoms with van der Waals surface area (Å²) in [5.74, 6) is 0.233. The minimum atomic E-state index is 0.233. The van der Waals surface area contributed by atoms with Gasteiger partial charge in [0.1, 0.15) is 0 Å². The Kier molecular flexibility index (Phi) is 3.65. The number of Topliss-reactive ketones (excluding diaryl/α,β-unsaturated/α-hetero) is 1. The maximum atomic E-state index is 11.3. The van der Waals surface area contributed by atoms with Gasteiger partial charge in [-0.15, -0.1) is 0 Å². The van der Waals surface area contributed by atoms with Crippen molar-refractivity contribution in [2.45, 2.75) is 13.3 Å². The van der Waals surface area contributed by atoms with E-state index < -0.39 is 0 Å². The molecule has 0 amide bonds. The van der Waals surface area contributed by atoms with Gasteiger partial charge in [-0.2, -0.15) is 0 Å². The second-order valence-corrected chi connectivity index (χ2v) is 3.17. The van der Waals surface area contributed by atoms with Crippen molar-refractivity contribution in [3.63, 3.8) is 0 Å². The van der Waals surface area contributed by atoms with Crippen LogP contribution >= 0.6 is 0 Å². The molecular weight excluding hydrogens is 162 g/mol. The number of aryl methyl sites for hydroxylation is 1. The number of ketones is 1. The van der Waals surface area contributed by atoms with E-state index in [1.807, 2.05) is 31.2 Å². The van der Waals surface area contributed by atoms with E-state index >= 15 is 0 Å². The summed E-state index contributed by atoms with van der Waals surface area (Å²) in [4.78, 5) is 11.3. The van der Waals surface area contributed by atoms with Gasteiger partial charge < -0.3 is 5.32 Å². The maximum Gasteiger partial charge on any atom is 0.150 e. The van der Waals surface area contributed by atoms with Gasteiger partial charge in [0, 0.05) is 6.42 Å². The van der Waals surface area contributed by atoms with Crippen molar-refractivity contribution in [1.29, 1.82) is 0 Å². The van der Waals surface area contributed by atoms with Crippen molar-refractivity contribution in [1.82, 2.24) is 5.32 Å². The van der Waals surface area contributed by atoms with Crippen molar-refractivity contribution >= 4 is 5.78 Å². The lowest BCUT2D eigenvalue weighted by Crippen LogP contribution is -2.20. The molecule has 2 nitrogen and oxygen atoms in total. The molecule has 0 heterocycles. The van der Waals surface area contributed by atoms with Gasteiger partial charge in [0.2, 0.25) is 0 Å². The predicted octanol–water partition coefficient (Wildman–Crippen LogP) is 1.33. The molecule has 2 heteroatoms. The summed E-state index contributed by atoms with van der Waals surface area (Å²) in [5.41, 5.74) is 2.31. The average Bonchev–Trinajstić information content (AvgIpc) is 2.09. The fraction of sp³-hybridized carbons (Fsp3) is 0.364. The lowest BCUT2D eigenvalue weighted by atomic mass is 10.0. The molecule has 0 aliphatic rings. The SMILES string of the molecule is CNCC(=O)Cc1ccccc1C. The molecule has 0 aliphatic carbocycles. The highest BCUT2D eigenvalue weighted by molar-refractivity contribution is 5.83. The van der Waals surface area contributed by atoms with Crippen LogP contribution in [0, 0.1) is 6.92 Å². The summed E-state index contributed by atoms with van der Waals surface area (Å²) in [6.07, 6.45) is 0.535. The third kappa shape index (κ3) is 2.99. The van der Waals surface area contributed by atoms with Crippen LogP contribution in [0.3, 0.4) is 0 Å². The van der Waals surface area contributed by atoms with Crippen molar-refractivity contribution in [2.24, 2.45) is 0 Å². The lowest BCUT2D eigenvalue weighted by Gasteiger charge is -2.03. The number of rotatable bonds is 4. The molecule has 1 aromatic rings. The Morgan fingerprint density at radius 2 is 2.08 bits per heavy atom. The molecule has 1 rings (SSSR count). The van der Waals surface area contributed by atoms with E-state index in [0.29, 0.717) is 13.0 Å². The zero-order valence-electron chi connectivity index (χ0n) is 8.13. The number of carbonyl (C=O) groups is 1. The highest BCUT2D eigenvalue weighted by Crippen LogP contribution is 2.07. The van der Waals surface area contributed by atoms with E-state index in [2.05, 4.69) is 5.32 Å². The Bertz CT molecular complexity index is 294. The van der Waals surface area contributed by atoms with E-state index in [1.165, 1.54) is 5.56 Å². The van der Waals surface area contributed by atoms with Gasteiger partial charge in [-0.25, -0.2) is 0 Å². The van der Waals surface area contributed by atoms with E-state index in [1.54, 1.807) is 7.05 Å². The summed E-state index contributed by atoms with van der Waals surface area (Å²) in [6, 6.07) is 7.99. The Balaban J connectivity index is 2.63. The van der Waals surface area contributed by atoms with Gasteiger partial charge in [0.15, 0.2) is 5.78 Å². The molecular formula is C11H15NO. The standard InChI is InChI=1S/C11H15NO/c1-9-5-3-4-6-10(9)7-11(13)8-12-2/h3-6,12H,7-8H2,1-2H3. The number of likely N-dealkylation sites (N-methyl/N-ethyl adjacent to an activating group) is 1. The largest absolute Gasteiger partial charge is 0.313 e. The quantitative estimate of drug-likeness (QED) is 0.751. The topological polar surface area (TPSA) is 29.1 Å². The van der Waals surface area contributed by atoms with Gasteiger partial charge in [0.05, 0.1) is 6.54 Å². The van der Waals surface area contributed by atoms with Gasteiger partial charge in [-0.05, 0) is 25.1 Å². The Morgan fingerprint density at radius 1 is 1.38 bits per heavy atom. The summed E-state index contributed by atoms with van der Waals surface area (Å²) in [7, 11) is 1.79. The fourth-order valence-corrected chi connectivity index (χ4v) is 1.28. The van der Waals surface area contributed by atoms with Crippen LogP contribution in [0.5, 0.6) is 0 Å². The highest BCUT2D eigenvalue weighted by atomic mass is 16.1. The molecule has 0 aliphatic heterocycles. The number of benzene rings is 1. The molecule has 0 atom stereocenters. The summed E-state index contributed by atoms with van der Waals surface area (Å²) in [6.45, 7) is 2.48. The molecule has 70 valence electrons. The van der Waals surface area contributed by atoms with E-state index in [4.69, 9.17) is 0 Å². The van der Waals surface area contributed by atoms with E-state index in [9.17, 15) is 4.79 Å². The second-order valence-electron chi connectivity index (χ2n) is 3.17. The van der Waals surface area contributed by atoms with Crippen LogP contribution in [-0.2, 0) is 11.2 Å². The first-order valence-electron chi connectivity index (χ1n) is 4.45. The molecule has 0 radical (unpaired) electrons. The van der Waals surface area contributed by atoms with Crippen LogP contribution in [-0.4, -0.2) is 19.4 Å². The molecule has 13 heavy (non-hydrogen) atoms. The smallest absolute Gasteiger partial charge is 0.150 e. The fourth-order valence-electron chi connectivity index (χ4n) is 1.28. The molecule has 0 saturated heterocycles. The predicted molar refractivity (Wildman–Crippen MR) is 53.8 cm³/mol. The van der Waals surface area contributed by atoms with Crippen molar-refractivity contribution in [3.05, 3.63) is 35.4 Å². The monoisotopic (exact) mass is 177 g/mol. The normalized spacial score (nSPS) is 10.0. The van der Waals surface area contributed by atoms with Gasteiger partial charge in [-0.3, -0.25) is 4.79 Å². The first kappa shape index (κ1) is 9.93. The number of hydrogen-bond donors (Lipinski definition) is 1. The van der Waals surface area contributed by atoms with Gasteiger partial charge in [-0.1, -0.05) is 24.3 Å². The molecule has 1 N–H and O–H groups in total. The second kappa shape index (κ2) is 4.77. The van der Waals surface area contributed by atoms with E-state index in [0.717, 1.165) is 5.56 Å². The Hall–Kier alpha value is -1.15. The van der Waals surface area contributed by atoms with Crippen LogP contribution in [0.2, 0.25) is 0 Å². The highest BCUT2D eigenvalue weighted by Gasteiger charge is 2.03. The third-order valence-corrected chi connectivity index (χ3v) is 2.02. The molecule has 0 unspecified atom stereocenters. The molecule has 0 saturated carbocycles. The van der Waals surface area contributed by atoms with Crippen molar-refractivity contribution in [3.8, 4) is 0 Å². The van der Waals surface area contributed by atoms with Gasteiger partial charge >= 0.3 is 0 Å². The molecule has 0 aromatic heterocycles. The Morgan fingerprint density at radius 3 is 2.69 bits per heavy atom. The summed E-state index contributed by atoms with van der Waals surface area (Å²) in [5, 5.41) is 2.86. The molecule has 0 bridgehead atoms. The minimum absolute atomic E-state index is 0.233. The van der Waals surface area contributed by atoms with Crippen molar-refractivity contribution in [2.75, 3.05) is 13.6 Å². The van der Waals surface area contributed by atoms with Crippen LogP contribution < -0.4 is 5.32 Å². The molecule has 0 fully saturated rings. The van der Waals surface area contributed by atoms with E-state index in [-0.39, 0.29) is 5.78 Å². The lowest BCUT2D eigenvalue weighted by molar-refractivity contribution is -0.117. The number of nitrogens with one attached hydrogen (secondary N) is 1. The summed E-state index contributed by atoms with van der Waals surface area (Å²) < 4.78 is 0. The first-order valence-corrected chi connectivity index (χ1v) is 4.45. The third-order valence-electron chi connectivity index (χ3n) is 2.02. The van der Waals surface area contributed by atoms with Crippen molar-refractivity contribution < 1.29 is 4.79 Å². The summed E-state index contributed by atoms with van der Waals surface area (Å²) >= 11 is 0. The van der Waals surface area contributed by atoms with Crippen LogP contribution in [0.25, 0.3) is 0 Å². The number of carbonyl (C=O) groups excluding carboxylic acids is 1. The maximum absolute atomic E-state index is 11.3. The molecule has 1 aromatic carbocycles. The zero-order valence-corrected chi connectivity index (χ0v) is 8.13.